The smallest absolute Gasteiger partial charge is 0.207 e. The molecule has 4 nitrogen and oxygen atoms in total. The standard InChI is InChI=1S/C13H15ClN2O2S/c1-10-4-2-3-7-16(10)19(17,18)12-5-6-13(14)11(8-12)9-15/h5-6,8,10H,2-4,7H2,1H3. The van der Waals surface area contributed by atoms with Gasteiger partial charge in [0, 0.05) is 12.6 Å². The molecule has 1 atom stereocenters. The van der Waals surface area contributed by atoms with Crippen molar-refractivity contribution in [2.24, 2.45) is 0 Å². The van der Waals surface area contributed by atoms with Crippen LogP contribution in [-0.4, -0.2) is 25.3 Å². The Morgan fingerprint density at radius 3 is 2.79 bits per heavy atom. The van der Waals surface area contributed by atoms with Crippen LogP contribution in [0.3, 0.4) is 0 Å². The number of halogens is 1. The Hall–Kier alpha value is -1.09. The van der Waals surface area contributed by atoms with E-state index in [4.69, 9.17) is 16.9 Å². The molecule has 1 aromatic rings. The number of nitriles is 1. The van der Waals surface area contributed by atoms with Crippen LogP contribution in [0.1, 0.15) is 31.7 Å². The first kappa shape index (κ1) is 14.3. The number of hydrogen-bond acceptors (Lipinski definition) is 3. The lowest BCUT2D eigenvalue weighted by Gasteiger charge is -2.32. The highest BCUT2D eigenvalue weighted by atomic mass is 35.5. The molecule has 0 amide bonds. The minimum atomic E-state index is -3.54. The maximum Gasteiger partial charge on any atom is 0.243 e. The Morgan fingerprint density at radius 2 is 2.16 bits per heavy atom. The predicted octanol–water partition coefficient (Wildman–Crippen LogP) is 2.77. The van der Waals surface area contributed by atoms with Gasteiger partial charge in [-0.25, -0.2) is 8.42 Å². The molecule has 6 heteroatoms. The molecular formula is C13H15ClN2O2S. The van der Waals surface area contributed by atoms with Gasteiger partial charge in [0.1, 0.15) is 6.07 Å². The Morgan fingerprint density at radius 1 is 1.42 bits per heavy atom. The second-order valence-corrected chi connectivity index (χ2v) is 7.01. The molecule has 1 aliphatic heterocycles. The molecule has 19 heavy (non-hydrogen) atoms. The molecule has 1 aromatic carbocycles. The lowest BCUT2D eigenvalue weighted by atomic mass is 10.1. The van der Waals surface area contributed by atoms with E-state index in [1.807, 2.05) is 13.0 Å². The van der Waals surface area contributed by atoms with E-state index >= 15 is 0 Å². The van der Waals surface area contributed by atoms with Gasteiger partial charge in [-0.1, -0.05) is 18.0 Å². The molecule has 0 bridgehead atoms. The molecule has 0 aliphatic carbocycles. The van der Waals surface area contributed by atoms with Crippen LogP contribution in [0, 0.1) is 11.3 Å². The van der Waals surface area contributed by atoms with E-state index in [0.717, 1.165) is 19.3 Å². The third-order valence-corrected chi connectivity index (χ3v) is 5.75. The first-order chi connectivity index (χ1) is 8.96. The molecule has 2 rings (SSSR count). The van der Waals surface area contributed by atoms with Gasteiger partial charge in [-0.3, -0.25) is 0 Å². The summed E-state index contributed by atoms with van der Waals surface area (Å²) in [5, 5.41) is 9.20. The third kappa shape index (κ3) is 2.76. The number of piperidine rings is 1. The molecule has 102 valence electrons. The van der Waals surface area contributed by atoms with Crippen LogP contribution in [0.4, 0.5) is 0 Å². The number of sulfonamides is 1. The van der Waals surface area contributed by atoms with Gasteiger partial charge < -0.3 is 0 Å². The SMILES string of the molecule is CC1CCCCN1S(=O)(=O)c1ccc(Cl)c(C#N)c1. The third-order valence-electron chi connectivity index (χ3n) is 3.41. The van der Waals surface area contributed by atoms with E-state index in [-0.39, 0.29) is 21.5 Å². The van der Waals surface area contributed by atoms with Crippen molar-refractivity contribution in [1.82, 2.24) is 4.31 Å². The van der Waals surface area contributed by atoms with E-state index in [1.165, 1.54) is 22.5 Å². The monoisotopic (exact) mass is 298 g/mol. The zero-order chi connectivity index (χ0) is 14.0. The fourth-order valence-electron chi connectivity index (χ4n) is 2.31. The van der Waals surface area contributed by atoms with E-state index < -0.39 is 10.0 Å². The van der Waals surface area contributed by atoms with Crippen molar-refractivity contribution in [2.45, 2.75) is 37.1 Å². The lowest BCUT2D eigenvalue weighted by molar-refractivity contribution is 0.268. The number of hydrogen-bond donors (Lipinski definition) is 0. The van der Waals surface area contributed by atoms with Gasteiger partial charge >= 0.3 is 0 Å². The molecule has 1 heterocycles. The highest BCUT2D eigenvalue weighted by molar-refractivity contribution is 7.89. The van der Waals surface area contributed by atoms with Crippen molar-refractivity contribution >= 4 is 21.6 Å². The Labute approximate surface area is 118 Å². The first-order valence-corrected chi connectivity index (χ1v) is 8.00. The zero-order valence-electron chi connectivity index (χ0n) is 10.6. The van der Waals surface area contributed by atoms with Crippen molar-refractivity contribution in [2.75, 3.05) is 6.54 Å². The van der Waals surface area contributed by atoms with Crippen LogP contribution in [0.15, 0.2) is 23.1 Å². The Balaban J connectivity index is 2.42. The quantitative estimate of drug-likeness (QED) is 0.843. The van der Waals surface area contributed by atoms with Crippen molar-refractivity contribution in [1.29, 1.82) is 5.26 Å². The summed E-state index contributed by atoms with van der Waals surface area (Å²) < 4.78 is 26.6. The maximum atomic E-state index is 12.6. The topological polar surface area (TPSA) is 61.2 Å². The Bertz CT molecular complexity index is 622. The molecule has 0 N–H and O–H groups in total. The van der Waals surface area contributed by atoms with E-state index in [9.17, 15) is 8.42 Å². The summed E-state index contributed by atoms with van der Waals surface area (Å²) >= 11 is 5.83. The van der Waals surface area contributed by atoms with E-state index in [0.29, 0.717) is 6.54 Å². The van der Waals surface area contributed by atoms with Crippen LogP contribution < -0.4 is 0 Å². The summed E-state index contributed by atoms with van der Waals surface area (Å²) in [5.41, 5.74) is 0.187. The summed E-state index contributed by atoms with van der Waals surface area (Å²) in [6.07, 6.45) is 2.80. The van der Waals surface area contributed by atoms with Gasteiger partial charge in [0.25, 0.3) is 0 Å². The summed E-state index contributed by atoms with van der Waals surface area (Å²) in [7, 11) is -3.54. The molecular weight excluding hydrogens is 284 g/mol. The van der Waals surface area contributed by atoms with Crippen molar-refractivity contribution < 1.29 is 8.42 Å². The van der Waals surface area contributed by atoms with Crippen LogP contribution in [0.2, 0.25) is 5.02 Å². The van der Waals surface area contributed by atoms with Gasteiger partial charge in [0.2, 0.25) is 10.0 Å². The number of rotatable bonds is 2. The summed E-state index contributed by atoms with van der Waals surface area (Å²) in [6.45, 7) is 2.45. The van der Waals surface area contributed by atoms with Crippen LogP contribution in [0.5, 0.6) is 0 Å². The normalized spacial score (nSPS) is 21.0. The molecule has 1 fully saturated rings. The summed E-state index contributed by atoms with van der Waals surface area (Å²) in [4.78, 5) is 0.141. The minimum Gasteiger partial charge on any atom is -0.207 e. The molecule has 1 unspecified atom stereocenters. The van der Waals surface area contributed by atoms with Gasteiger partial charge in [-0.05, 0) is 38.0 Å². The second-order valence-electron chi connectivity index (χ2n) is 4.71. The van der Waals surface area contributed by atoms with E-state index in [2.05, 4.69) is 0 Å². The fraction of sp³-hybridized carbons (Fsp3) is 0.462. The zero-order valence-corrected chi connectivity index (χ0v) is 12.2. The second kappa shape index (κ2) is 5.49. The first-order valence-electron chi connectivity index (χ1n) is 6.18. The predicted molar refractivity (Wildman–Crippen MR) is 73.4 cm³/mol. The average Bonchev–Trinajstić information content (AvgIpc) is 2.39. The largest absolute Gasteiger partial charge is 0.243 e. The molecule has 1 saturated heterocycles. The fourth-order valence-corrected chi connectivity index (χ4v) is 4.20. The summed E-state index contributed by atoms with van der Waals surface area (Å²) in [6, 6.07) is 6.17. The molecule has 1 aliphatic rings. The van der Waals surface area contributed by atoms with Crippen molar-refractivity contribution in [3.8, 4) is 6.07 Å². The van der Waals surface area contributed by atoms with Gasteiger partial charge in [0.05, 0.1) is 15.5 Å². The molecule has 0 aromatic heterocycles. The van der Waals surface area contributed by atoms with Crippen LogP contribution in [-0.2, 0) is 10.0 Å². The molecule has 0 radical (unpaired) electrons. The molecule has 0 spiro atoms. The van der Waals surface area contributed by atoms with Gasteiger partial charge in [-0.2, -0.15) is 9.57 Å². The Kier molecular flexibility index (Phi) is 4.14. The number of benzene rings is 1. The molecule has 0 saturated carbocycles. The van der Waals surface area contributed by atoms with Gasteiger partial charge in [-0.15, -0.1) is 0 Å². The highest BCUT2D eigenvalue weighted by Gasteiger charge is 2.31. The van der Waals surface area contributed by atoms with Crippen molar-refractivity contribution in [3.63, 3.8) is 0 Å². The minimum absolute atomic E-state index is 0.0000335. The van der Waals surface area contributed by atoms with E-state index in [1.54, 1.807) is 0 Å². The average molecular weight is 299 g/mol. The van der Waals surface area contributed by atoms with Crippen LogP contribution in [0.25, 0.3) is 0 Å². The lowest BCUT2D eigenvalue weighted by Crippen LogP contribution is -2.41. The summed E-state index contributed by atoms with van der Waals surface area (Å²) in [5.74, 6) is 0. The van der Waals surface area contributed by atoms with Crippen molar-refractivity contribution in [3.05, 3.63) is 28.8 Å². The van der Waals surface area contributed by atoms with Crippen LogP contribution >= 0.6 is 11.6 Å². The highest BCUT2D eigenvalue weighted by Crippen LogP contribution is 2.27. The number of nitrogens with zero attached hydrogens (tertiary/aromatic N) is 2. The van der Waals surface area contributed by atoms with Gasteiger partial charge in [0.15, 0.2) is 0 Å². The maximum absolute atomic E-state index is 12.6.